The summed E-state index contributed by atoms with van der Waals surface area (Å²) in [6.07, 6.45) is 0. The maximum atomic E-state index is 13.8. The van der Waals surface area contributed by atoms with E-state index in [-0.39, 0.29) is 22.9 Å². The second-order valence-corrected chi connectivity index (χ2v) is 12.0. The van der Waals surface area contributed by atoms with Crippen LogP contribution in [0.2, 0.25) is 0 Å². The summed E-state index contributed by atoms with van der Waals surface area (Å²) in [4.78, 5) is 25.6. The molecule has 2 amide bonds. The van der Waals surface area contributed by atoms with Crippen molar-refractivity contribution < 1.29 is 32.2 Å². The van der Waals surface area contributed by atoms with Crippen molar-refractivity contribution in [1.82, 2.24) is 0 Å². The maximum Gasteiger partial charge on any atom is 0.279 e. The lowest BCUT2D eigenvalue weighted by Gasteiger charge is -2.24. The first-order chi connectivity index (χ1) is 19.7. The van der Waals surface area contributed by atoms with Gasteiger partial charge in [-0.15, -0.1) is 0 Å². The molecule has 0 unspecified atom stereocenters. The van der Waals surface area contributed by atoms with Crippen LogP contribution in [-0.2, 0) is 19.6 Å². The summed E-state index contributed by atoms with van der Waals surface area (Å²) in [5, 5.41) is 2.66. The molecular formula is C29H24Br2N2O7S. The van der Waals surface area contributed by atoms with E-state index in [9.17, 15) is 18.0 Å². The Morgan fingerprint density at radius 3 is 1.95 bits per heavy atom. The van der Waals surface area contributed by atoms with Crippen LogP contribution in [0.3, 0.4) is 0 Å². The molecule has 41 heavy (non-hydrogen) atoms. The summed E-state index contributed by atoms with van der Waals surface area (Å²) in [6.45, 7) is -0.801. The second kappa shape index (κ2) is 13.7. The van der Waals surface area contributed by atoms with Crippen molar-refractivity contribution in [1.29, 1.82) is 0 Å². The van der Waals surface area contributed by atoms with E-state index in [1.54, 1.807) is 60.7 Å². The molecule has 0 aliphatic rings. The van der Waals surface area contributed by atoms with E-state index in [1.807, 2.05) is 6.07 Å². The molecule has 4 aromatic rings. The number of halogens is 2. The van der Waals surface area contributed by atoms with Crippen LogP contribution in [0, 0.1) is 0 Å². The number of anilines is 2. The Morgan fingerprint density at radius 2 is 1.37 bits per heavy atom. The topological polar surface area (TPSA) is 111 Å². The largest absolute Gasteiger partial charge is 0.495 e. The molecule has 12 heteroatoms. The third kappa shape index (κ3) is 7.87. The zero-order valence-corrected chi connectivity index (χ0v) is 25.6. The number of hydrogen-bond donors (Lipinski definition) is 1. The first-order valence-electron chi connectivity index (χ1n) is 12.0. The number of amides is 2. The average Bonchev–Trinajstić information content (AvgIpc) is 2.96. The molecule has 0 fully saturated rings. The highest BCUT2D eigenvalue weighted by atomic mass is 79.9. The van der Waals surface area contributed by atoms with Crippen LogP contribution in [0.1, 0.15) is 0 Å². The van der Waals surface area contributed by atoms with Crippen LogP contribution in [-0.4, -0.2) is 40.6 Å². The van der Waals surface area contributed by atoms with Gasteiger partial charge in [0.1, 0.15) is 22.9 Å². The van der Waals surface area contributed by atoms with Gasteiger partial charge in [0.2, 0.25) is 0 Å². The number of benzene rings is 4. The first-order valence-corrected chi connectivity index (χ1v) is 15.1. The van der Waals surface area contributed by atoms with Crippen molar-refractivity contribution in [3.8, 4) is 17.2 Å². The van der Waals surface area contributed by atoms with E-state index < -0.39 is 28.4 Å². The first kappa shape index (κ1) is 30.1. The maximum absolute atomic E-state index is 13.8. The number of hydrogen-bond acceptors (Lipinski definition) is 7. The minimum absolute atomic E-state index is 0.0277. The number of nitrogens with zero attached hydrogens (tertiary/aromatic N) is 1. The Morgan fingerprint density at radius 1 is 0.780 bits per heavy atom. The molecule has 0 bridgehead atoms. The van der Waals surface area contributed by atoms with E-state index in [0.717, 1.165) is 8.95 Å². The van der Waals surface area contributed by atoms with Crippen molar-refractivity contribution in [3.63, 3.8) is 0 Å². The fourth-order valence-electron chi connectivity index (χ4n) is 3.67. The van der Waals surface area contributed by atoms with Gasteiger partial charge < -0.3 is 19.5 Å². The predicted octanol–water partition coefficient (Wildman–Crippen LogP) is 6.04. The molecule has 0 saturated heterocycles. The van der Waals surface area contributed by atoms with Gasteiger partial charge in [0.25, 0.3) is 21.8 Å². The van der Waals surface area contributed by atoms with Gasteiger partial charge in [-0.3, -0.25) is 9.59 Å². The van der Waals surface area contributed by atoms with Crippen molar-refractivity contribution in [2.24, 2.45) is 0 Å². The zero-order valence-electron chi connectivity index (χ0n) is 21.6. The number of carbonyl (C=O) groups excluding carboxylic acids is 2. The number of rotatable bonds is 11. The lowest BCUT2D eigenvalue weighted by atomic mass is 10.3. The van der Waals surface area contributed by atoms with E-state index in [2.05, 4.69) is 37.2 Å². The van der Waals surface area contributed by atoms with Crippen molar-refractivity contribution in [2.75, 3.05) is 29.9 Å². The van der Waals surface area contributed by atoms with Crippen molar-refractivity contribution >= 4 is 65.1 Å². The fraction of sp³-hybridized carbons (Fsp3) is 0.103. The number of nitrogens with one attached hydrogen (secondary N) is 1. The van der Waals surface area contributed by atoms with Crippen LogP contribution < -0.4 is 23.8 Å². The highest BCUT2D eigenvalue weighted by molar-refractivity contribution is 9.10. The molecule has 0 saturated carbocycles. The average molecular weight is 704 g/mol. The van der Waals surface area contributed by atoms with Crippen LogP contribution in [0.15, 0.2) is 111 Å². The number of sulfonamides is 1. The SMILES string of the molecule is COc1ccccc1N(C(=O)COc1cccc(Br)c1)S(=O)(=O)c1ccc(NC(=O)COc2cccc(Br)c2)cc1. The third-order valence-corrected chi connectivity index (χ3v) is 8.27. The van der Waals surface area contributed by atoms with Crippen LogP contribution >= 0.6 is 31.9 Å². The van der Waals surface area contributed by atoms with Crippen LogP contribution in [0.25, 0.3) is 0 Å². The Kier molecular flexibility index (Phi) is 10.0. The van der Waals surface area contributed by atoms with E-state index in [1.165, 1.54) is 37.4 Å². The molecular weight excluding hydrogens is 680 g/mol. The summed E-state index contributed by atoms with van der Waals surface area (Å²) in [5.41, 5.74) is 0.375. The van der Waals surface area contributed by atoms with Gasteiger partial charge in [0.05, 0.1) is 12.0 Å². The molecule has 1 N–H and O–H groups in total. The van der Waals surface area contributed by atoms with E-state index in [0.29, 0.717) is 21.5 Å². The molecule has 4 aromatic carbocycles. The van der Waals surface area contributed by atoms with Gasteiger partial charge in [0, 0.05) is 14.6 Å². The Labute approximate surface area is 254 Å². The molecule has 0 spiro atoms. The standard InChI is InChI=1S/C29H24Br2N2O7S/c1-38-27-11-3-2-10-26(27)33(29(35)19-40-24-9-5-7-21(31)17-24)41(36,37)25-14-12-22(13-15-25)32-28(34)18-39-23-8-4-6-20(30)16-23/h2-17H,18-19H2,1H3,(H,32,34). The number of carbonyl (C=O) groups is 2. The van der Waals surface area contributed by atoms with Gasteiger partial charge >= 0.3 is 0 Å². The van der Waals surface area contributed by atoms with E-state index >= 15 is 0 Å². The van der Waals surface area contributed by atoms with Crippen LogP contribution in [0.4, 0.5) is 11.4 Å². The molecule has 0 aromatic heterocycles. The fourth-order valence-corrected chi connectivity index (χ4v) is 5.85. The second-order valence-electron chi connectivity index (χ2n) is 8.40. The minimum Gasteiger partial charge on any atom is -0.495 e. The lowest BCUT2D eigenvalue weighted by Crippen LogP contribution is -2.40. The minimum atomic E-state index is -4.42. The van der Waals surface area contributed by atoms with Gasteiger partial charge in [0.15, 0.2) is 13.2 Å². The number of ether oxygens (including phenoxy) is 3. The zero-order chi connectivity index (χ0) is 29.4. The highest BCUT2D eigenvalue weighted by Crippen LogP contribution is 2.33. The third-order valence-electron chi connectivity index (χ3n) is 5.53. The smallest absolute Gasteiger partial charge is 0.279 e. The van der Waals surface area contributed by atoms with Gasteiger partial charge in [-0.1, -0.05) is 56.1 Å². The Balaban J connectivity index is 1.53. The Bertz CT molecular complexity index is 1650. The van der Waals surface area contributed by atoms with Crippen molar-refractivity contribution in [2.45, 2.75) is 4.90 Å². The molecule has 0 heterocycles. The molecule has 9 nitrogen and oxygen atoms in total. The van der Waals surface area contributed by atoms with E-state index in [4.69, 9.17) is 14.2 Å². The van der Waals surface area contributed by atoms with Gasteiger partial charge in [-0.05, 0) is 72.8 Å². The van der Waals surface area contributed by atoms with Gasteiger partial charge in [-0.25, -0.2) is 8.42 Å². The molecule has 212 valence electrons. The summed E-state index contributed by atoms with van der Waals surface area (Å²) >= 11 is 6.68. The summed E-state index contributed by atoms with van der Waals surface area (Å²) in [7, 11) is -3.04. The normalized spacial score (nSPS) is 10.9. The monoisotopic (exact) mass is 702 g/mol. The predicted molar refractivity (Wildman–Crippen MR) is 162 cm³/mol. The lowest BCUT2D eigenvalue weighted by molar-refractivity contribution is -0.119. The molecule has 0 aliphatic heterocycles. The van der Waals surface area contributed by atoms with Crippen molar-refractivity contribution in [3.05, 3.63) is 106 Å². The molecule has 4 rings (SSSR count). The van der Waals surface area contributed by atoms with Gasteiger partial charge in [-0.2, -0.15) is 4.31 Å². The number of para-hydroxylation sites is 2. The summed E-state index contributed by atoms with van der Waals surface area (Å²) < 4.78 is 46.2. The quantitative estimate of drug-likeness (QED) is 0.203. The summed E-state index contributed by atoms with van der Waals surface area (Å²) in [6, 6.07) is 25.6. The highest BCUT2D eigenvalue weighted by Gasteiger charge is 2.33. The number of methoxy groups -OCH3 is 1. The Hall–Kier alpha value is -3.87. The summed E-state index contributed by atoms with van der Waals surface area (Å²) in [5.74, 6) is -0.191. The molecule has 0 aliphatic carbocycles. The molecule has 0 atom stereocenters. The molecule has 0 radical (unpaired) electrons. The van der Waals surface area contributed by atoms with Crippen LogP contribution in [0.5, 0.6) is 17.2 Å².